The summed E-state index contributed by atoms with van der Waals surface area (Å²) >= 11 is 1.39. The van der Waals surface area contributed by atoms with Gasteiger partial charge in [-0.05, 0) is 60.3 Å². The third-order valence-corrected chi connectivity index (χ3v) is 6.53. The molecule has 2 aromatic carbocycles. The van der Waals surface area contributed by atoms with Crippen molar-refractivity contribution in [3.63, 3.8) is 0 Å². The number of aromatic nitrogens is 4. The fraction of sp³-hybridized carbons (Fsp3) is 0.208. The van der Waals surface area contributed by atoms with Crippen molar-refractivity contribution < 1.29 is 17.9 Å². The Morgan fingerprint density at radius 2 is 1.91 bits per heavy atom. The molecule has 5 rings (SSSR count). The van der Waals surface area contributed by atoms with Crippen molar-refractivity contribution in [2.24, 2.45) is 7.05 Å². The van der Waals surface area contributed by atoms with E-state index >= 15 is 0 Å². The summed E-state index contributed by atoms with van der Waals surface area (Å²) in [6.07, 6.45) is 0.941. The monoisotopic (exact) mass is 483 g/mol. The average molecular weight is 484 g/mol. The normalized spacial score (nSPS) is 15.5. The lowest BCUT2D eigenvalue weighted by atomic mass is 9.83. The molecule has 34 heavy (non-hydrogen) atoms. The summed E-state index contributed by atoms with van der Waals surface area (Å²) in [5.74, 6) is 1.30. The minimum absolute atomic E-state index is 0.107. The highest BCUT2D eigenvalue weighted by Gasteiger charge is 2.33. The van der Waals surface area contributed by atoms with Crippen LogP contribution in [0.15, 0.2) is 72.1 Å². The van der Waals surface area contributed by atoms with Crippen LogP contribution in [0.4, 0.5) is 19.0 Å². The zero-order valence-corrected chi connectivity index (χ0v) is 18.9. The molecule has 1 atom stereocenters. The van der Waals surface area contributed by atoms with E-state index in [0.717, 1.165) is 27.8 Å². The third-order valence-electron chi connectivity index (χ3n) is 5.73. The first-order valence-corrected chi connectivity index (χ1v) is 11.4. The molecule has 2 aromatic heterocycles. The first kappa shape index (κ1) is 22.3. The summed E-state index contributed by atoms with van der Waals surface area (Å²) in [6.45, 7) is 0.469. The molecule has 1 aliphatic heterocycles. The Kier molecular flexibility index (Phi) is 5.91. The fourth-order valence-corrected chi connectivity index (χ4v) is 4.76. The van der Waals surface area contributed by atoms with Crippen molar-refractivity contribution in [2.75, 3.05) is 11.3 Å². The molecule has 0 bridgehead atoms. The number of ether oxygens (including phenoxy) is 1. The predicted octanol–water partition coefficient (Wildman–Crippen LogP) is 5.93. The highest BCUT2D eigenvalue weighted by molar-refractivity contribution is 8.00. The third kappa shape index (κ3) is 4.45. The number of fused-ring (bicyclic) bond motifs is 1. The van der Waals surface area contributed by atoms with E-state index < -0.39 is 11.7 Å². The van der Waals surface area contributed by atoms with Crippen LogP contribution in [0, 0.1) is 0 Å². The Morgan fingerprint density at radius 1 is 1.06 bits per heavy atom. The van der Waals surface area contributed by atoms with Crippen molar-refractivity contribution in [3.8, 4) is 17.0 Å². The van der Waals surface area contributed by atoms with E-state index in [2.05, 4.69) is 19.8 Å². The maximum atomic E-state index is 13.5. The number of alkyl halides is 3. The fourth-order valence-electron chi connectivity index (χ4n) is 4.11. The van der Waals surface area contributed by atoms with Crippen molar-refractivity contribution in [1.82, 2.24) is 19.7 Å². The Labute approximate surface area is 198 Å². The molecule has 6 nitrogen and oxygen atoms in total. The summed E-state index contributed by atoms with van der Waals surface area (Å²) in [5, 5.41) is 4.16. The van der Waals surface area contributed by atoms with E-state index in [0.29, 0.717) is 30.1 Å². The molecule has 3 heterocycles. The van der Waals surface area contributed by atoms with Gasteiger partial charge in [0.15, 0.2) is 0 Å². The molecule has 0 saturated heterocycles. The van der Waals surface area contributed by atoms with Gasteiger partial charge in [-0.1, -0.05) is 12.1 Å². The molecule has 0 spiro atoms. The first-order valence-electron chi connectivity index (χ1n) is 10.6. The zero-order chi connectivity index (χ0) is 23.7. The van der Waals surface area contributed by atoms with Gasteiger partial charge in [0.05, 0.1) is 17.9 Å². The molecule has 0 amide bonds. The second-order valence-electron chi connectivity index (χ2n) is 7.83. The van der Waals surface area contributed by atoms with E-state index in [1.54, 1.807) is 42.3 Å². The number of rotatable bonds is 5. The highest BCUT2D eigenvalue weighted by Crippen LogP contribution is 2.44. The van der Waals surface area contributed by atoms with E-state index in [1.165, 1.54) is 24.3 Å². The van der Waals surface area contributed by atoms with Crippen LogP contribution in [0.25, 0.3) is 11.3 Å². The minimum atomic E-state index is -4.43. The van der Waals surface area contributed by atoms with Crippen LogP contribution in [-0.2, 0) is 13.2 Å². The molecule has 174 valence electrons. The summed E-state index contributed by atoms with van der Waals surface area (Å²) in [5.41, 5.74) is 2.25. The van der Waals surface area contributed by atoms with Crippen LogP contribution in [0.3, 0.4) is 0 Å². The Bertz CT molecular complexity index is 1310. The van der Waals surface area contributed by atoms with Crippen molar-refractivity contribution in [1.29, 1.82) is 0 Å². The molecule has 4 aromatic rings. The van der Waals surface area contributed by atoms with E-state index in [1.807, 2.05) is 18.2 Å². The van der Waals surface area contributed by atoms with Gasteiger partial charge < -0.3 is 9.46 Å². The lowest BCUT2D eigenvalue weighted by Gasteiger charge is -2.28. The molecule has 0 radical (unpaired) electrons. The Morgan fingerprint density at radius 3 is 2.65 bits per heavy atom. The number of nitrogens with zero attached hydrogens (tertiary/aromatic N) is 4. The smallest absolute Gasteiger partial charge is 0.416 e. The average Bonchev–Trinajstić information content (AvgIpc) is 3.27. The summed E-state index contributed by atoms with van der Waals surface area (Å²) in [4.78, 5) is 8.96. The highest BCUT2D eigenvalue weighted by atomic mass is 32.2. The second-order valence-corrected chi connectivity index (χ2v) is 8.71. The summed E-state index contributed by atoms with van der Waals surface area (Å²) in [6, 6.07) is 13.3. The van der Waals surface area contributed by atoms with Gasteiger partial charge in [-0.15, -0.1) is 0 Å². The van der Waals surface area contributed by atoms with Gasteiger partial charge in [0.2, 0.25) is 0 Å². The lowest BCUT2D eigenvalue weighted by molar-refractivity contribution is -0.137. The zero-order valence-electron chi connectivity index (χ0n) is 18.1. The number of nitrogens with one attached hydrogen (secondary N) is 1. The molecule has 0 fully saturated rings. The van der Waals surface area contributed by atoms with Gasteiger partial charge in [0.1, 0.15) is 17.9 Å². The molecular formula is C24H20F3N5OS. The van der Waals surface area contributed by atoms with E-state index in [4.69, 9.17) is 4.74 Å². The van der Waals surface area contributed by atoms with E-state index in [-0.39, 0.29) is 5.92 Å². The van der Waals surface area contributed by atoms with Crippen molar-refractivity contribution >= 4 is 17.8 Å². The summed E-state index contributed by atoms with van der Waals surface area (Å²) in [7, 11) is 1.73. The molecule has 0 unspecified atom stereocenters. The molecular weight excluding hydrogens is 463 g/mol. The van der Waals surface area contributed by atoms with Crippen molar-refractivity contribution in [2.45, 2.75) is 23.4 Å². The maximum absolute atomic E-state index is 13.5. The minimum Gasteiger partial charge on any atom is -0.493 e. The van der Waals surface area contributed by atoms with Gasteiger partial charge >= 0.3 is 6.18 Å². The van der Waals surface area contributed by atoms with Crippen LogP contribution in [0.2, 0.25) is 0 Å². The topological polar surface area (TPSA) is 64.9 Å². The standard InChI is InChI=1S/C24H20F3N5OS/c1-32-21(6-10-30-32)20-12-15(24(25,26)27)2-4-17(20)18-8-11-33-22-13-16(3-5-19(18)22)34-31-23-7-9-28-14-29-23/h2-7,9-10,12-14,18H,8,11H2,1H3,(H,28,29,31)/t18-/m0/s1. The van der Waals surface area contributed by atoms with Crippen molar-refractivity contribution in [3.05, 3.63) is 83.9 Å². The van der Waals surface area contributed by atoms with Crippen LogP contribution in [0.5, 0.6) is 5.75 Å². The van der Waals surface area contributed by atoms with Gasteiger partial charge in [0, 0.05) is 41.4 Å². The molecule has 1 aliphatic rings. The SMILES string of the molecule is Cn1nccc1-c1cc(C(F)(F)F)ccc1[C@@H]1CCOc2cc(SNc3ccncn3)ccc21. The lowest BCUT2D eigenvalue weighted by Crippen LogP contribution is -2.17. The predicted molar refractivity (Wildman–Crippen MR) is 124 cm³/mol. The first-order chi connectivity index (χ1) is 16.4. The van der Waals surface area contributed by atoms with E-state index in [9.17, 15) is 13.2 Å². The molecule has 0 saturated carbocycles. The van der Waals surface area contributed by atoms with Crippen LogP contribution < -0.4 is 9.46 Å². The number of benzene rings is 2. The van der Waals surface area contributed by atoms with Gasteiger partial charge in [0.25, 0.3) is 0 Å². The molecule has 0 aliphatic carbocycles. The Hall–Kier alpha value is -3.53. The summed E-state index contributed by atoms with van der Waals surface area (Å²) < 4.78 is 51.2. The number of aryl methyl sites for hydroxylation is 1. The quantitative estimate of drug-likeness (QED) is 0.355. The van der Waals surface area contributed by atoms with Crippen LogP contribution in [0.1, 0.15) is 29.0 Å². The number of anilines is 1. The van der Waals surface area contributed by atoms with Crippen LogP contribution >= 0.6 is 11.9 Å². The van der Waals surface area contributed by atoms with Gasteiger partial charge in [-0.3, -0.25) is 4.68 Å². The van der Waals surface area contributed by atoms with Crippen LogP contribution in [-0.4, -0.2) is 26.4 Å². The Balaban J connectivity index is 1.50. The second kappa shape index (κ2) is 9.02. The molecule has 1 N–H and O–H groups in total. The van der Waals surface area contributed by atoms with Gasteiger partial charge in [-0.2, -0.15) is 18.3 Å². The maximum Gasteiger partial charge on any atom is 0.416 e. The number of hydrogen-bond donors (Lipinski definition) is 1. The largest absolute Gasteiger partial charge is 0.493 e. The molecule has 10 heteroatoms. The number of hydrogen-bond acceptors (Lipinski definition) is 6. The number of halogens is 3. The van der Waals surface area contributed by atoms with Gasteiger partial charge in [-0.25, -0.2) is 9.97 Å².